The molecule has 0 saturated heterocycles. The smallest absolute Gasteiger partial charge is 0.335 e. The monoisotopic (exact) mass is 276 g/mol. The van der Waals surface area contributed by atoms with Gasteiger partial charge in [0.1, 0.15) is 0 Å². The van der Waals surface area contributed by atoms with E-state index >= 15 is 0 Å². The predicted molar refractivity (Wildman–Crippen MR) is 80.0 cm³/mol. The van der Waals surface area contributed by atoms with Crippen molar-refractivity contribution in [2.24, 2.45) is 0 Å². The van der Waals surface area contributed by atoms with E-state index in [1.807, 2.05) is 12.1 Å². The van der Waals surface area contributed by atoms with Gasteiger partial charge < -0.3 is 14.9 Å². The minimum Gasteiger partial charge on any atom is -0.478 e. The minimum absolute atomic E-state index is 0.305. The summed E-state index contributed by atoms with van der Waals surface area (Å²) in [7, 11) is 6.41. The molecular formula is C16H24N2O2. The van der Waals surface area contributed by atoms with Crippen molar-refractivity contribution < 1.29 is 9.90 Å². The summed E-state index contributed by atoms with van der Waals surface area (Å²) < 4.78 is 0. The molecular weight excluding hydrogens is 252 g/mol. The van der Waals surface area contributed by atoms with Crippen LogP contribution in [0.5, 0.6) is 0 Å². The first-order chi connectivity index (χ1) is 9.43. The zero-order valence-corrected chi connectivity index (χ0v) is 12.6. The second-order valence-corrected chi connectivity index (χ2v) is 6.15. The highest BCUT2D eigenvalue weighted by Crippen LogP contribution is 2.36. The molecule has 1 N–H and O–H groups in total. The number of hydrogen-bond donors (Lipinski definition) is 1. The highest BCUT2D eigenvalue weighted by atomic mass is 16.4. The Morgan fingerprint density at radius 2 is 2.00 bits per heavy atom. The molecule has 4 nitrogen and oxygen atoms in total. The molecule has 0 bridgehead atoms. The first kappa shape index (κ1) is 15.0. The third-order valence-electron chi connectivity index (χ3n) is 4.42. The number of likely N-dealkylation sites (N-methyl/N-ethyl adjacent to an activating group) is 2. The van der Waals surface area contributed by atoms with Crippen molar-refractivity contribution in [2.75, 3.05) is 27.7 Å². The molecule has 1 aromatic rings. The molecule has 1 aromatic carbocycles. The van der Waals surface area contributed by atoms with Crippen LogP contribution in [0.4, 0.5) is 0 Å². The standard InChI is InChI=1S/C16H24N2O2/c1-17(2)16(8-5-9-16)12-18(3)11-13-6-4-7-14(10-13)15(19)20/h4,6-7,10H,5,8-9,11-12H2,1-3H3,(H,19,20). The lowest BCUT2D eigenvalue weighted by molar-refractivity contribution is 0.0259. The summed E-state index contributed by atoms with van der Waals surface area (Å²) in [4.78, 5) is 15.6. The van der Waals surface area contributed by atoms with Gasteiger partial charge in [0.15, 0.2) is 0 Å². The zero-order chi connectivity index (χ0) is 14.8. The molecule has 0 heterocycles. The molecule has 0 unspecified atom stereocenters. The molecule has 0 amide bonds. The largest absolute Gasteiger partial charge is 0.478 e. The normalized spacial score (nSPS) is 17.2. The quantitative estimate of drug-likeness (QED) is 0.866. The van der Waals surface area contributed by atoms with Gasteiger partial charge in [-0.25, -0.2) is 4.79 Å². The van der Waals surface area contributed by atoms with E-state index in [9.17, 15) is 4.79 Å². The third-order valence-corrected chi connectivity index (χ3v) is 4.42. The van der Waals surface area contributed by atoms with E-state index in [-0.39, 0.29) is 0 Å². The number of hydrogen-bond acceptors (Lipinski definition) is 3. The molecule has 4 heteroatoms. The van der Waals surface area contributed by atoms with Crippen molar-refractivity contribution in [1.29, 1.82) is 0 Å². The Kier molecular flexibility index (Phi) is 4.45. The first-order valence-electron chi connectivity index (χ1n) is 7.11. The van der Waals surface area contributed by atoms with Crippen molar-refractivity contribution in [3.63, 3.8) is 0 Å². The Labute approximate surface area is 121 Å². The third kappa shape index (κ3) is 3.19. The summed E-state index contributed by atoms with van der Waals surface area (Å²) in [6.45, 7) is 1.81. The number of aromatic carboxylic acids is 1. The molecule has 0 spiro atoms. The lowest BCUT2D eigenvalue weighted by atomic mass is 9.75. The van der Waals surface area contributed by atoms with Crippen molar-refractivity contribution in [2.45, 2.75) is 31.3 Å². The molecule has 0 radical (unpaired) electrons. The predicted octanol–water partition coefficient (Wildman–Crippen LogP) is 2.30. The average Bonchev–Trinajstić information content (AvgIpc) is 2.33. The van der Waals surface area contributed by atoms with Crippen molar-refractivity contribution >= 4 is 5.97 Å². The van der Waals surface area contributed by atoms with Crippen LogP contribution in [-0.4, -0.2) is 54.1 Å². The van der Waals surface area contributed by atoms with Gasteiger partial charge in [-0.1, -0.05) is 12.1 Å². The van der Waals surface area contributed by atoms with E-state index in [1.165, 1.54) is 19.3 Å². The van der Waals surface area contributed by atoms with Crippen LogP contribution in [0.2, 0.25) is 0 Å². The fraction of sp³-hybridized carbons (Fsp3) is 0.562. The van der Waals surface area contributed by atoms with Gasteiger partial charge in [-0.15, -0.1) is 0 Å². The number of carboxylic acids is 1. The number of rotatable bonds is 6. The van der Waals surface area contributed by atoms with Crippen LogP contribution in [0.15, 0.2) is 24.3 Å². The van der Waals surface area contributed by atoms with E-state index in [1.54, 1.807) is 12.1 Å². The van der Waals surface area contributed by atoms with Crippen molar-refractivity contribution in [1.82, 2.24) is 9.80 Å². The van der Waals surface area contributed by atoms with Gasteiger partial charge in [-0.05, 0) is 58.1 Å². The molecule has 1 aliphatic carbocycles. The molecule has 20 heavy (non-hydrogen) atoms. The van der Waals surface area contributed by atoms with Crippen LogP contribution >= 0.6 is 0 Å². The second kappa shape index (κ2) is 5.94. The maximum atomic E-state index is 11.0. The molecule has 1 aliphatic rings. The van der Waals surface area contributed by atoms with E-state index in [2.05, 4.69) is 30.9 Å². The summed E-state index contributed by atoms with van der Waals surface area (Å²) in [5, 5.41) is 9.03. The summed E-state index contributed by atoms with van der Waals surface area (Å²) >= 11 is 0. The van der Waals surface area contributed by atoms with E-state index in [4.69, 9.17) is 5.11 Å². The highest BCUT2D eigenvalue weighted by molar-refractivity contribution is 5.87. The SMILES string of the molecule is CN(Cc1cccc(C(=O)O)c1)CC1(N(C)C)CCC1. The van der Waals surface area contributed by atoms with Crippen LogP contribution in [0, 0.1) is 0 Å². The Morgan fingerprint density at radius 1 is 1.30 bits per heavy atom. The maximum absolute atomic E-state index is 11.0. The lowest BCUT2D eigenvalue weighted by Gasteiger charge is -2.49. The number of nitrogens with zero attached hydrogens (tertiary/aromatic N) is 2. The minimum atomic E-state index is -0.863. The van der Waals surface area contributed by atoms with Gasteiger partial charge in [0.2, 0.25) is 0 Å². The first-order valence-corrected chi connectivity index (χ1v) is 7.11. The fourth-order valence-electron chi connectivity index (χ4n) is 3.00. The van der Waals surface area contributed by atoms with Crippen LogP contribution < -0.4 is 0 Å². The van der Waals surface area contributed by atoms with Gasteiger partial charge in [0.25, 0.3) is 0 Å². The van der Waals surface area contributed by atoms with Gasteiger partial charge in [-0.2, -0.15) is 0 Å². The Bertz CT molecular complexity index is 481. The van der Waals surface area contributed by atoms with E-state index < -0.39 is 5.97 Å². The van der Waals surface area contributed by atoms with E-state index in [0.29, 0.717) is 11.1 Å². The van der Waals surface area contributed by atoms with Crippen LogP contribution in [0.3, 0.4) is 0 Å². The lowest BCUT2D eigenvalue weighted by Crippen LogP contribution is -2.56. The van der Waals surface area contributed by atoms with Crippen molar-refractivity contribution in [3.8, 4) is 0 Å². The number of benzene rings is 1. The van der Waals surface area contributed by atoms with Crippen LogP contribution in [0.25, 0.3) is 0 Å². The van der Waals surface area contributed by atoms with Gasteiger partial charge in [0, 0.05) is 18.6 Å². The Balaban J connectivity index is 1.99. The summed E-state index contributed by atoms with van der Waals surface area (Å²) in [5.41, 5.74) is 1.72. The Hall–Kier alpha value is -1.39. The van der Waals surface area contributed by atoms with Crippen LogP contribution in [0.1, 0.15) is 35.2 Å². The molecule has 2 rings (SSSR count). The molecule has 0 aliphatic heterocycles. The molecule has 1 fully saturated rings. The number of carbonyl (C=O) groups is 1. The highest BCUT2D eigenvalue weighted by Gasteiger charge is 2.39. The fourth-order valence-corrected chi connectivity index (χ4v) is 3.00. The molecule has 1 saturated carbocycles. The van der Waals surface area contributed by atoms with Crippen molar-refractivity contribution in [3.05, 3.63) is 35.4 Å². The Morgan fingerprint density at radius 3 is 2.50 bits per heavy atom. The van der Waals surface area contributed by atoms with Gasteiger partial charge in [0.05, 0.1) is 5.56 Å². The zero-order valence-electron chi connectivity index (χ0n) is 12.6. The van der Waals surface area contributed by atoms with Gasteiger partial charge >= 0.3 is 5.97 Å². The second-order valence-electron chi connectivity index (χ2n) is 6.15. The molecule has 0 aromatic heterocycles. The number of carboxylic acid groups (broad SMARTS) is 1. The summed E-state index contributed by atoms with van der Waals surface area (Å²) in [5.74, 6) is -0.863. The topological polar surface area (TPSA) is 43.8 Å². The molecule has 110 valence electrons. The van der Waals surface area contributed by atoms with Crippen LogP contribution in [-0.2, 0) is 6.54 Å². The summed E-state index contributed by atoms with van der Waals surface area (Å²) in [6.07, 6.45) is 3.81. The molecule has 0 atom stereocenters. The van der Waals surface area contributed by atoms with E-state index in [0.717, 1.165) is 18.7 Å². The summed E-state index contributed by atoms with van der Waals surface area (Å²) in [6, 6.07) is 7.21. The average molecular weight is 276 g/mol. The van der Waals surface area contributed by atoms with Gasteiger partial charge in [-0.3, -0.25) is 0 Å². The maximum Gasteiger partial charge on any atom is 0.335 e.